The fourth-order valence-electron chi connectivity index (χ4n) is 8.91. The Morgan fingerprint density at radius 3 is 1.80 bits per heavy atom. The van der Waals surface area contributed by atoms with E-state index in [0.29, 0.717) is 35.0 Å². The highest BCUT2D eigenvalue weighted by atomic mass is 16.5. The number of carbonyl (C=O) groups is 1. The van der Waals surface area contributed by atoms with Crippen molar-refractivity contribution in [3.8, 4) is 23.0 Å². The molecule has 0 spiro atoms. The summed E-state index contributed by atoms with van der Waals surface area (Å²) in [7, 11) is 0. The maximum atomic E-state index is 11.9. The third-order valence-corrected chi connectivity index (χ3v) is 11.6. The fourth-order valence-corrected chi connectivity index (χ4v) is 8.91. The number of unbranched alkanes of at least 4 members (excludes halogenated alkanes) is 4. The molecule has 6 nitrogen and oxygen atoms in total. The Kier molecular flexibility index (Phi) is 11.2. The molecule has 6 heteroatoms. The fraction of sp³-hybridized carbons (Fsp3) is 0.605. The zero-order valence-corrected chi connectivity index (χ0v) is 31.2. The van der Waals surface area contributed by atoms with Gasteiger partial charge >= 0.3 is 5.97 Å². The normalized spacial score (nSPS) is 24.2. The van der Waals surface area contributed by atoms with Crippen molar-refractivity contribution in [2.75, 3.05) is 0 Å². The molecule has 0 saturated heterocycles. The van der Waals surface area contributed by atoms with Crippen molar-refractivity contribution in [1.82, 2.24) is 0 Å². The molecule has 2 aliphatic heterocycles. The Morgan fingerprint density at radius 2 is 1.27 bits per heavy atom. The lowest BCUT2D eigenvalue weighted by Gasteiger charge is -2.46. The minimum Gasteiger partial charge on any atom is -0.507 e. The van der Waals surface area contributed by atoms with E-state index in [0.717, 1.165) is 62.7 Å². The standard InChI is InChI=1S/C22H30O4.C21H30O2/c1-5-6-7-8-14-12-17-19(20(23)18(14)21(24)25)15-11-13(2)9-10-16(15)22(3,4)26-17;1-5-6-7-8-15-12-18(22)20-16-11-14(2)9-10-17(16)21(3,4)23-19(20)13-15/h11-12,15-16,23H,5-10H2,1-4H3,(H,24,25);11-13,16-17,22H,5-10H2,1-4H3/t15-,16-;16-,17-/m11/s1. The van der Waals surface area contributed by atoms with Crippen LogP contribution in [0.5, 0.6) is 23.0 Å². The number of hydrogen-bond acceptors (Lipinski definition) is 5. The van der Waals surface area contributed by atoms with Crippen molar-refractivity contribution in [3.05, 3.63) is 69.3 Å². The average molecular weight is 673 g/mol. The van der Waals surface area contributed by atoms with E-state index in [1.807, 2.05) is 12.1 Å². The topological polar surface area (TPSA) is 96.2 Å². The molecular weight excluding hydrogens is 612 g/mol. The van der Waals surface area contributed by atoms with Gasteiger partial charge in [-0.3, -0.25) is 0 Å². The molecule has 0 amide bonds. The van der Waals surface area contributed by atoms with Crippen molar-refractivity contribution in [2.45, 2.75) is 155 Å². The Morgan fingerprint density at radius 1 is 0.755 bits per heavy atom. The Bertz CT molecular complexity index is 1590. The summed E-state index contributed by atoms with van der Waals surface area (Å²) >= 11 is 0. The van der Waals surface area contributed by atoms with E-state index in [1.165, 1.54) is 36.0 Å². The molecule has 0 aromatic heterocycles. The average Bonchev–Trinajstić information content (AvgIpc) is 3.00. The van der Waals surface area contributed by atoms with E-state index in [9.17, 15) is 20.1 Å². The number of carboxylic acids is 1. The third kappa shape index (κ3) is 7.68. The molecule has 0 unspecified atom stereocenters. The van der Waals surface area contributed by atoms with Gasteiger partial charge in [-0.25, -0.2) is 4.79 Å². The molecular formula is C43H60O6. The number of aromatic carboxylic acids is 1. The number of hydrogen-bond donors (Lipinski definition) is 3. The Balaban J connectivity index is 0.000000192. The summed E-state index contributed by atoms with van der Waals surface area (Å²) in [5.41, 5.74) is 5.79. The second-order valence-electron chi connectivity index (χ2n) is 16.2. The largest absolute Gasteiger partial charge is 0.507 e. The predicted molar refractivity (Wildman–Crippen MR) is 197 cm³/mol. The van der Waals surface area contributed by atoms with Gasteiger partial charge in [0, 0.05) is 34.8 Å². The van der Waals surface area contributed by atoms with Gasteiger partial charge < -0.3 is 24.8 Å². The van der Waals surface area contributed by atoms with Gasteiger partial charge in [-0.05, 0) is 122 Å². The first-order valence-corrected chi connectivity index (χ1v) is 18.9. The highest BCUT2D eigenvalue weighted by molar-refractivity contribution is 5.94. The van der Waals surface area contributed by atoms with E-state index in [-0.39, 0.29) is 40.3 Å². The number of phenolic OH excluding ortho intramolecular Hbond substituents is 1. The van der Waals surface area contributed by atoms with Gasteiger partial charge in [0.1, 0.15) is 39.8 Å². The Hall–Kier alpha value is -3.41. The van der Waals surface area contributed by atoms with E-state index in [2.05, 4.69) is 73.6 Å². The maximum absolute atomic E-state index is 11.9. The van der Waals surface area contributed by atoms with Crippen LogP contribution in [-0.4, -0.2) is 32.5 Å². The monoisotopic (exact) mass is 672 g/mol. The number of phenols is 2. The van der Waals surface area contributed by atoms with Gasteiger partial charge in [-0.1, -0.05) is 62.8 Å². The number of rotatable bonds is 9. The maximum Gasteiger partial charge on any atom is 0.339 e. The third-order valence-electron chi connectivity index (χ3n) is 11.6. The van der Waals surface area contributed by atoms with Crippen LogP contribution in [0.3, 0.4) is 0 Å². The lowest BCUT2D eigenvalue weighted by atomic mass is 9.67. The Labute approximate surface area is 294 Å². The van der Waals surface area contributed by atoms with Gasteiger partial charge in [0.25, 0.3) is 0 Å². The summed E-state index contributed by atoms with van der Waals surface area (Å²) in [6, 6.07) is 6.00. The highest BCUT2D eigenvalue weighted by Crippen LogP contribution is 2.55. The van der Waals surface area contributed by atoms with Crippen LogP contribution in [0.15, 0.2) is 41.5 Å². The molecule has 2 heterocycles. The zero-order chi connectivity index (χ0) is 35.7. The highest BCUT2D eigenvalue weighted by Gasteiger charge is 2.47. The minimum absolute atomic E-state index is 0.00490. The quantitative estimate of drug-likeness (QED) is 0.181. The molecule has 49 heavy (non-hydrogen) atoms. The van der Waals surface area contributed by atoms with Gasteiger partial charge in [0.05, 0.1) is 0 Å². The van der Waals surface area contributed by atoms with Crippen LogP contribution in [-0.2, 0) is 12.8 Å². The first-order valence-electron chi connectivity index (χ1n) is 18.9. The molecule has 0 radical (unpaired) electrons. The zero-order valence-electron chi connectivity index (χ0n) is 31.2. The van der Waals surface area contributed by atoms with Crippen LogP contribution in [0.2, 0.25) is 0 Å². The van der Waals surface area contributed by atoms with Crippen LogP contribution in [0.4, 0.5) is 0 Å². The molecule has 4 atom stereocenters. The number of benzene rings is 2. The van der Waals surface area contributed by atoms with Crippen molar-refractivity contribution >= 4 is 5.97 Å². The SMILES string of the molecule is CCCCCc1cc(O)c2c(c1)OC(C)(C)[C@@H]1CCC(C)=C[C@@H]21.CCCCCc1cc2c(c(O)c1C(=O)O)[C@@H]1C=C(C)CC[C@H]1C(C)(C)O2. The number of aromatic hydroxyl groups is 2. The van der Waals surface area contributed by atoms with Gasteiger partial charge in [-0.2, -0.15) is 0 Å². The molecule has 2 aromatic carbocycles. The van der Waals surface area contributed by atoms with Crippen molar-refractivity contribution < 1.29 is 29.6 Å². The molecule has 268 valence electrons. The lowest BCUT2D eigenvalue weighted by Crippen LogP contribution is -2.45. The van der Waals surface area contributed by atoms with Gasteiger partial charge in [0.2, 0.25) is 0 Å². The number of carboxylic acid groups (broad SMARTS) is 1. The molecule has 0 saturated carbocycles. The number of fused-ring (bicyclic) bond motifs is 6. The molecule has 2 aromatic rings. The molecule has 0 fully saturated rings. The van der Waals surface area contributed by atoms with Crippen LogP contribution in [0, 0.1) is 11.8 Å². The van der Waals surface area contributed by atoms with Crippen LogP contribution in [0.25, 0.3) is 0 Å². The van der Waals surface area contributed by atoms with Crippen molar-refractivity contribution in [2.24, 2.45) is 11.8 Å². The van der Waals surface area contributed by atoms with Crippen molar-refractivity contribution in [1.29, 1.82) is 0 Å². The first-order chi connectivity index (χ1) is 23.2. The van der Waals surface area contributed by atoms with E-state index >= 15 is 0 Å². The molecule has 4 aliphatic rings. The summed E-state index contributed by atoms with van der Waals surface area (Å²) in [6.07, 6.45) is 17.1. The summed E-state index contributed by atoms with van der Waals surface area (Å²) in [5.74, 6) is 1.77. The summed E-state index contributed by atoms with van der Waals surface area (Å²) < 4.78 is 12.7. The van der Waals surface area contributed by atoms with Gasteiger partial charge in [0.15, 0.2) is 0 Å². The summed E-state index contributed by atoms with van der Waals surface area (Å²) in [4.78, 5) is 11.9. The molecule has 3 N–H and O–H groups in total. The number of aryl methyl sites for hydroxylation is 2. The lowest BCUT2D eigenvalue weighted by molar-refractivity contribution is 0.0103. The second kappa shape index (κ2) is 14.8. The molecule has 2 aliphatic carbocycles. The number of allylic oxidation sites excluding steroid dienone is 4. The van der Waals surface area contributed by atoms with E-state index < -0.39 is 5.97 Å². The smallest absolute Gasteiger partial charge is 0.339 e. The second-order valence-corrected chi connectivity index (χ2v) is 16.2. The predicted octanol–water partition coefficient (Wildman–Crippen LogP) is 11.2. The number of ether oxygens (including phenoxy) is 2. The van der Waals surface area contributed by atoms with Gasteiger partial charge in [-0.15, -0.1) is 0 Å². The molecule has 0 bridgehead atoms. The summed E-state index contributed by atoms with van der Waals surface area (Å²) in [5, 5.41) is 31.4. The first kappa shape index (κ1) is 36.9. The van der Waals surface area contributed by atoms with E-state index in [1.54, 1.807) is 0 Å². The summed E-state index contributed by atoms with van der Waals surface area (Å²) in [6.45, 7) is 17.2. The van der Waals surface area contributed by atoms with Crippen LogP contribution >= 0.6 is 0 Å². The minimum atomic E-state index is -1.06. The van der Waals surface area contributed by atoms with E-state index in [4.69, 9.17) is 9.47 Å². The van der Waals surface area contributed by atoms with Crippen LogP contribution < -0.4 is 9.47 Å². The molecule has 6 rings (SSSR count). The van der Waals surface area contributed by atoms with Crippen molar-refractivity contribution in [3.63, 3.8) is 0 Å². The van der Waals surface area contributed by atoms with Crippen LogP contribution in [0.1, 0.15) is 164 Å².